The molecule has 9 heteroatoms. The fourth-order valence-corrected chi connectivity index (χ4v) is 2.35. The number of aliphatic hydroxyl groups is 2. The summed E-state index contributed by atoms with van der Waals surface area (Å²) in [5, 5.41) is 31.2. The number of carbonyl (C=O) groups is 1. The van der Waals surface area contributed by atoms with E-state index in [1.165, 1.54) is 0 Å². The van der Waals surface area contributed by atoms with Crippen molar-refractivity contribution in [1.82, 2.24) is 5.32 Å². The second-order valence-corrected chi connectivity index (χ2v) is 5.91. The molecule has 1 amide bonds. The molecule has 0 aromatic heterocycles. The first-order valence-electron chi connectivity index (χ1n) is 8.13. The van der Waals surface area contributed by atoms with Gasteiger partial charge in [-0.25, -0.2) is 4.79 Å². The molecule has 0 heterocycles. The van der Waals surface area contributed by atoms with Gasteiger partial charge in [-0.05, 0) is 29.3 Å². The Hall–Kier alpha value is -3.09. The molecular formula is C19H17F3N2O4. The molecule has 2 unspecified atom stereocenters. The number of nitriles is 1. The topological polar surface area (TPSA) is 103 Å². The van der Waals surface area contributed by atoms with Crippen LogP contribution in [0.4, 0.5) is 18.0 Å². The zero-order valence-corrected chi connectivity index (χ0v) is 14.5. The van der Waals surface area contributed by atoms with Crippen molar-refractivity contribution in [2.45, 2.75) is 25.0 Å². The Kier molecular flexibility index (Phi) is 6.98. The average molecular weight is 394 g/mol. The standard InChI is InChI=1S/C19H17F3N2O4/c20-19(21,22)15-7-13(9-23)6-14(8-15)17(26)16(25)10-24-18(27)28-11-12-4-2-1-3-5-12/h1-8,16-17,25-26H,10-11H2,(H,24,27). The third-order valence-electron chi connectivity index (χ3n) is 3.79. The second-order valence-electron chi connectivity index (χ2n) is 5.91. The van der Waals surface area contributed by atoms with E-state index in [0.29, 0.717) is 12.1 Å². The van der Waals surface area contributed by atoms with E-state index < -0.39 is 36.6 Å². The number of rotatable bonds is 6. The van der Waals surface area contributed by atoms with Gasteiger partial charge >= 0.3 is 12.3 Å². The Bertz CT molecular complexity index is 850. The van der Waals surface area contributed by atoms with E-state index in [-0.39, 0.29) is 17.7 Å². The summed E-state index contributed by atoms with van der Waals surface area (Å²) < 4.78 is 43.6. The van der Waals surface area contributed by atoms with Crippen LogP contribution in [0.3, 0.4) is 0 Å². The van der Waals surface area contributed by atoms with Crippen molar-refractivity contribution in [3.05, 3.63) is 70.8 Å². The molecule has 0 radical (unpaired) electrons. The number of hydrogen-bond acceptors (Lipinski definition) is 5. The molecule has 0 aliphatic rings. The zero-order valence-electron chi connectivity index (χ0n) is 14.5. The van der Waals surface area contributed by atoms with Gasteiger partial charge in [0.15, 0.2) is 0 Å². The summed E-state index contributed by atoms with van der Waals surface area (Å²) in [7, 11) is 0. The Morgan fingerprint density at radius 1 is 1.18 bits per heavy atom. The van der Waals surface area contributed by atoms with Crippen LogP contribution < -0.4 is 5.32 Å². The van der Waals surface area contributed by atoms with Gasteiger partial charge in [0, 0.05) is 6.54 Å². The van der Waals surface area contributed by atoms with Crippen molar-refractivity contribution >= 4 is 6.09 Å². The lowest BCUT2D eigenvalue weighted by atomic mass is 9.99. The number of carbonyl (C=O) groups excluding carboxylic acids is 1. The van der Waals surface area contributed by atoms with Gasteiger partial charge in [-0.1, -0.05) is 30.3 Å². The molecule has 0 bridgehead atoms. The summed E-state index contributed by atoms with van der Waals surface area (Å²) in [5.41, 5.74) is -0.987. The Balaban J connectivity index is 1.96. The highest BCUT2D eigenvalue weighted by molar-refractivity contribution is 5.67. The predicted octanol–water partition coefficient (Wildman–Crippen LogP) is 2.90. The quantitative estimate of drug-likeness (QED) is 0.699. The first-order valence-corrected chi connectivity index (χ1v) is 8.13. The Morgan fingerprint density at radius 2 is 1.86 bits per heavy atom. The number of benzene rings is 2. The smallest absolute Gasteiger partial charge is 0.416 e. The molecule has 0 spiro atoms. The van der Waals surface area contributed by atoms with Crippen LogP contribution in [0.1, 0.15) is 28.4 Å². The molecule has 0 aliphatic heterocycles. The summed E-state index contributed by atoms with van der Waals surface area (Å²) in [6, 6.07) is 12.7. The van der Waals surface area contributed by atoms with Crippen molar-refractivity contribution in [3.63, 3.8) is 0 Å². The van der Waals surface area contributed by atoms with Crippen LogP contribution >= 0.6 is 0 Å². The van der Waals surface area contributed by atoms with Crippen LogP contribution in [-0.2, 0) is 17.5 Å². The van der Waals surface area contributed by atoms with Gasteiger partial charge in [-0.15, -0.1) is 0 Å². The number of halogens is 3. The molecule has 0 saturated carbocycles. The number of nitrogens with zero attached hydrogens (tertiary/aromatic N) is 1. The number of alkyl carbamates (subject to hydrolysis) is 1. The van der Waals surface area contributed by atoms with E-state index in [0.717, 1.165) is 11.6 Å². The first-order chi connectivity index (χ1) is 13.2. The van der Waals surface area contributed by atoms with Gasteiger partial charge in [-0.3, -0.25) is 0 Å². The van der Waals surface area contributed by atoms with E-state index in [1.54, 1.807) is 36.4 Å². The molecule has 2 atom stereocenters. The normalized spacial score (nSPS) is 13.3. The maximum Gasteiger partial charge on any atom is 0.416 e. The number of amides is 1. The van der Waals surface area contributed by atoms with Crippen molar-refractivity contribution in [2.75, 3.05) is 6.54 Å². The Morgan fingerprint density at radius 3 is 2.46 bits per heavy atom. The maximum atomic E-state index is 12.9. The van der Waals surface area contributed by atoms with Crippen LogP contribution in [0.25, 0.3) is 0 Å². The molecular weight excluding hydrogens is 377 g/mol. The molecule has 0 aliphatic carbocycles. The fourth-order valence-electron chi connectivity index (χ4n) is 2.35. The van der Waals surface area contributed by atoms with Crippen LogP contribution in [0.5, 0.6) is 0 Å². The molecule has 148 valence electrons. The van der Waals surface area contributed by atoms with E-state index in [2.05, 4.69) is 5.32 Å². The summed E-state index contributed by atoms with van der Waals surface area (Å²) in [6.07, 6.45) is -8.94. The van der Waals surface area contributed by atoms with Gasteiger partial charge in [0.05, 0.1) is 17.2 Å². The first kappa shape index (κ1) is 21.2. The number of ether oxygens (including phenoxy) is 1. The average Bonchev–Trinajstić information content (AvgIpc) is 2.69. The SMILES string of the molecule is N#Cc1cc(C(O)C(O)CNC(=O)OCc2ccccc2)cc(C(F)(F)F)c1. The van der Waals surface area contributed by atoms with Gasteiger partial charge in [0.25, 0.3) is 0 Å². The molecule has 6 nitrogen and oxygen atoms in total. The van der Waals surface area contributed by atoms with Crippen molar-refractivity contribution < 1.29 is 32.9 Å². The molecule has 2 rings (SSSR count). The highest BCUT2D eigenvalue weighted by Crippen LogP contribution is 2.32. The van der Waals surface area contributed by atoms with Crippen LogP contribution in [0.2, 0.25) is 0 Å². The molecule has 2 aromatic rings. The van der Waals surface area contributed by atoms with Gasteiger partial charge < -0.3 is 20.3 Å². The molecule has 28 heavy (non-hydrogen) atoms. The summed E-state index contributed by atoms with van der Waals surface area (Å²) in [4.78, 5) is 11.6. The number of aliphatic hydroxyl groups excluding tert-OH is 2. The van der Waals surface area contributed by atoms with E-state index in [9.17, 15) is 28.2 Å². The lowest BCUT2D eigenvalue weighted by Gasteiger charge is -2.20. The minimum absolute atomic E-state index is 0.00944. The third-order valence-corrected chi connectivity index (χ3v) is 3.79. The lowest BCUT2D eigenvalue weighted by Crippen LogP contribution is -2.35. The predicted molar refractivity (Wildman–Crippen MR) is 91.8 cm³/mol. The molecule has 3 N–H and O–H groups in total. The summed E-state index contributed by atoms with van der Waals surface area (Å²) in [6.45, 7) is -0.475. The van der Waals surface area contributed by atoms with E-state index >= 15 is 0 Å². The number of nitrogens with one attached hydrogen (secondary N) is 1. The fraction of sp³-hybridized carbons (Fsp3) is 0.263. The largest absolute Gasteiger partial charge is 0.445 e. The van der Waals surface area contributed by atoms with Gasteiger partial charge in [0.2, 0.25) is 0 Å². The summed E-state index contributed by atoms with van der Waals surface area (Å²) >= 11 is 0. The highest BCUT2D eigenvalue weighted by atomic mass is 19.4. The minimum atomic E-state index is -4.72. The highest BCUT2D eigenvalue weighted by Gasteiger charge is 2.32. The minimum Gasteiger partial charge on any atom is -0.445 e. The van der Waals surface area contributed by atoms with Gasteiger partial charge in [0.1, 0.15) is 18.8 Å². The zero-order chi connectivity index (χ0) is 20.7. The Labute approximate surface area is 158 Å². The number of hydrogen-bond donors (Lipinski definition) is 3. The maximum absolute atomic E-state index is 12.9. The van der Waals surface area contributed by atoms with Crippen LogP contribution in [0.15, 0.2) is 48.5 Å². The van der Waals surface area contributed by atoms with E-state index in [4.69, 9.17) is 10.00 Å². The number of alkyl halides is 3. The van der Waals surface area contributed by atoms with Crippen molar-refractivity contribution in [2.24, 2.45) is 0 Å². The second kappa shape index (κ2) is 9.21. The lowest BCUT2D eigenvalue weighted by molar-refractivity contribution is -0.137. The molecule has 2 aromatic carbocycles. The third kappa shape index (κ3) is 5.97. The van der Waals surface area contributed by atoms with Crippen molar-refractivity contribution in [3.8, 4) is 6.07 Å². The monoisotopic (exact) mass is 394 g/mol. The van der Waals surface area contributed by atoms with Gasteiger partial charge in [-0.2, -0.15) is 18.4 Å². The van der Waals surface area contributed by atoms with Crippen molar-refractivity contribution in [1.29, 1.82) is 5.26 Å². The molecule has 0 fully saturated rings. The van der Waals surface area contributed by atoms with E-state index in [1.807, 2.05) is 0 Å². The van der Waals surface area contributed by atoms with Crippen LogP contribution in [-0.4, -0.2) is 29.0 Å². The van der Waals surface area contributed by atoms with Crippen LogP contribution in [0, 0.1) is 11.3 Å². The summed E-state index contributed by atoms with van der Waals surface area (Å²) in [5.74, 6) is 0. The molecule has 0 saturated heterocycles.